The van der Waals surface area contributed by atoms with Crippen molar-refractivity contribution >= 4 is 17.6 Å². The molecule has 1 amide bonds. The number of ether oxygens (including phenoxy) is 4. The lowest BCUT2D eigenvalue weighted by molar-refractivity contribution is -0.124. The molecule has 190 valence electrons. The zero-order valence-corrected chi connectivity index (χ0v) is 21.2. The molecule has 0 atom stereocenters. The number of rotatable bonds is 11. The molecule has 2 aromatic carbocycles. The second kappa shape index (κ2) is 13.3. The van der Waals surface area contributed by atoms with E-state index < -0.39 is 12.0 Å². The summed E-state index contributed by atoms with van der Waals surface area (Å²) in [4.78, 5) is 28.4. The van der Waals surface area contributed by atoms with E-state index in [1.165, 1.54) is 7.11 Å². The van der Waals surface area contributed by atoms with Crippen LogP contribution in [0.1, 0.15) is 48.5 Å². The summed E-state index contributed by atoms with van der Waals surface area (Å²) >= 11 is 0. The van der Waals surface area contributed by atoms with Gasteiger partial charge in [0.15, 0.2) is 0 Å². The van der Waals surface area contributed by atoms with Gasteiger partial charge in [-0.25, -0.2) is 4.79 Å². The van der Waals surface area contributed by atoms with E-state index >= 15 is 0 Å². The van der Waals surface area contributed by atoms with E-state index in [0.29, 0.717) is 24.0 Å². The molecular weight excluding hydrogens is 446 g/mol. The first-order chi connectivity index (χ1) is 17.0. The van der Waals surface area contributed by atoms with Crippen molar-refractivity contribution in [2.45, 2.75) is 45.3 Å². The number of anilines is 1. The fourth-order valence-corrected chi connectivity index (χ4v) is 4.61. The maximum absolute atomic E-state index is 13.9. The molecule has 0 N–H and O–H groups in total. The minimum absolute atomic E-state index is 0.0147. The van der Waals surface area contributed by atoms with Crippen LogP contribution in [0.5, 0.6) is 5.75 Å². The van der Waals surface area contributed by atoms with Crippen molar-refractivity contribution in [3.63, 3.8) is 0 Å². The van der Waals surface area contributed by atoms with Gasteiger partial charge in [-0.15, -0.1) is 0 Å². The van der Waals surface area contributed by atoms with Crippen molar-refractivity contribution in [2.75, 3.05) is 39.4 Å². The SMILES string of the molecule is COCC(COC)N(c1ccc(OCc2ccccc2)cc1C(=O)OC)C(=O)[C@H]1CC[C@H](C)CC1. The van der Waals surface area contributed by atoms with Crippen LogP contribution in [-0.2, 0) is 25.6 Å². The minimum atomic E-state index is -0.534. The largest absolute Gasteiger partial charge is 0.489 e. The fourth-order valence-electron chi connectivity index (χ4n) is 4.61. The average Bonchev–Trinajstić information content (AvgIpc) is 2.88. The predicted molar refractivity (Wildman–Crippen MR) is 135 cm³/mol. The minimum Gasteiger partial charge on any atom is -0.489 e. The van der Waals surface area contributed by atoms with Crippen LogP contribution in [0.3, 0.4) is 0 Å². The average molecular weight is 484 g/mol. The maximum atomic E-state index is 13.9. The smallest absolute Gasteiger partial charge is 0.340 e. The Morgan fingerprint density at radius 2 is 1.60 bits per heavy atom. The van der Waals surface area contributed by atoms with Crippen molar-refractivity contribution in [2.24, 2.45) is 11.8 Å². The molecule has 0 aliphatic heterocycles. The summed E-state index contributed by atoms with van der Waals surface area (Å²) in [6.07, 6.45) is 3.68. The molecule has 1 saturated carbocycles. The molecule has 1 fully saturated rings. The third-order valence-corrected chi connectivity index (χ3v) is 6.57. The highest BCUT2D eigenvalue weighted by molar-refractivity contribution is 6.04. The molecule has 35 heavy (non-hydrogen) atoms. The Morgan fingerprint density at radius 1 is 0.943 bits per heavy atom. The first-order valence-electron chi connectivity index (χ1n) is 12.2. The normalized spacial score (nSPS) is 17.7. The standard InChI is InChI=1S/C28H37NO6/c1-20-10-12-22(13-11-20)27(30)29(23(18-32-2)19-33-3)26-15-14-24(16-25(26)28(31)34-4)35-17-21-8-6-5-7-9-21/h5-9,14-16,20,22-23H,10-13,17-19H2,1-4H3/t20-,22-. The Labute approximate surface area is 208 Å². The number of methoxy groups -OCH3 is 3. The highest BCUT2D eigenvalue weighted by Crippen LogP contribution is 2.34. The molecule has 7 heteroatoms. The number of benzene rings is 2. The van der Waals surface area contributed by atoms with Gasteiger partial charge in [0.05, 0.1) is 37.6 Å². The molecule has 0 heterocycles. The van der Waals surface area contributed by atoms with Crippen molar-refractivity contribution in [1.82, 2.24) is 0 Å². The summed E-state index contributed by atoms with van der Waals surface area (Å²) in [7, 11) is 4.52. The molecule has 0 bridgehead atoms. The van der Waals surface area contributed by atoms with E-state index in [1.807, 2.05) is 30.3 Å². The van der Waals surface area contributed by atoms with E-state index in [-0.39, 0.29) is 30.6 Å². The molecule has 1 aliphatic carbocycles. The molecule has 0 aromatic heterocycles. The molecule has 0 saturated heterocycles. The van der Waals surface area contributed by atoms with Crippen molar-refractivity contribution in [3.05, 3.63) is 59.7 Å². The molecule has 0 radical (unpaired) electrons. The molecule has 3 rings (SSSR count). The lowest BCUT2D eigenvalue weighted by Gasteiger charge is -2.36. The number of hydrogen-bond donors (Lipinski definition) is 0. The van der Waals surface area contributed by atoms with Gasteiger partial charge in [-0.3, -0.25) is 4.79 Å². The highest BCUT2D eigenvalue weighted by atomic mass is 16.5. The van der Waals surface area contributed by atoms with Crippen LogP contribution in [0.4, 0.5) is 5.69 Å². The second-order valence-electron chi connectivity index (χ2n) is 9.17. The van der Waals surface area contributed by atoms with E-state index in [4.69, 9.17) is 18.9 Å². The van der Waals surface area contributed by atoms with Crippen molar-refractivity contribution in [1.29, 1.82) is 0 Å². The van der Waals surface area contributed by atoms with E-state index in [1.54, 1.807) is 37.3 Å². The van der Waals surface area contributed by atoms with Crippen LogP contribution >= 0.6 is 0 Å². The van der Waals surface area contributed by atoms with E-state index in [2.05, 4.69) is 6.92 Å². The van der Waals surface area contributed by atoms with Gasteiger partial charge in [0.2, 0.25) is 5.91 Å². The van der Waals surface area contributed by atoms with Gasteiger partial charge in [0.1, 0.15) is 12.4 Å². The summed E-state index contributed by atoms with van der Waals surface area (Å²) in [5.41, 5.74) is 1.76. The summed E-state index contributed by atoms with van der Waals surface area (Å²) in [6, 6.07) is 14.6. The van der Waals surface area contributed by atoms with Crippen LogP contribution < -0.4 is 9.64 Å². The number of hydrogen-bond acceptors (Lipinski definition) is 6. The Kier molecular flexibility index (Phi) is 10.1. The van der Waals surface area contributed by atoms with Crippen LogP contribution in [0.15, 0.2) is 48.5 Å². The monoisotopic (exact) mass is 483 g/mol. The molecular formula is C28H37NO6. The third-order valence-electron chi connectivity index (χ3n) is 6.57. The van der Waals surface area contributed by atoms with E-state index in [0.717, 1.165) is 31.2 Å². The zero-order chi connectivity index (χ0) is 25.2. The first-order valence-corrected chi connectivity index (χ1v) is 12.2. The van der Waals surface area contributed by atoms with Gasteiger partial charge in [-0.1, -0.05) is 37.3 Å². The van der Waals surface area contributed by atoms with Crippen molar-refractivity contribution < 1.29 is 28.5 Å². The number of nitrogens with zero attached hydrogens (tertiary/aromatic N) is 1. The molecule has 0 spiro atoms. The lowest BCUT2D eigenvalue weighted by Crippen LogP contribution is -2.49. The number of amides is 1. The number of esters is 1. The molecule has 7 nitrogen and oxygen atoms in total. The van der Waals surface area contributed by atoms with Gasteiger partial charge >= 0.3 is 5.97 Å². The van der Waals surface area contributed by atoms with Gasteiger partial charge < -0.3 is 23.8 Å². The highest BCUT2D eigenvalue weighted by Gasteiger charge is 2.35. The topological polar surface area (TPSA) is 74.3 Å². The summed E-state index contributed by atoms with van der Waals surface area (Å²) in [5.74, 6) is 0.481. The summed E-state index contributed by atoms with van der Waals surface area (Å²) < 4.78 is 21.9. The van der Waals surface area contributed by atoms with Gasteiger partial charge in [-0.2, -0.15) is 0 Å². The quantitative estimate of drug-likeness (QED) is 0.425. The second-order valence-corrected chi connectivity index (χ2v) is 9.17. The Morgan fingerprint density at radius 3 is 2.20 bits per heavy atom. The Hall–Kier alpha value is -2.90. The van der Waals surface area contributed by atoms with Crippen LogP contribution in [0.25, 0.3) is 0 Å². The lowest BCUT2D eigenvalue weighted by atomic mass is 9.82. The van der Waals surface area contributed by atoms with Gasteiger partial charge in [0, 0.05) is 20.1 Å². The van der Waals surface area contributed by atoms with Gasteiger partial charge in [-0.05, 0) is 55.4 Å². The molecule has 0 unspecified atom stereocenters. The zero-order valence-electron chi connectivity index (χ0n) is 21.2. The van der Waals surface area contributed by atoms with Gasteiger partial charge in [0.25, 0.3) is 0 Å². The molecule has 1 aliphatic rings. The third kappa shape index (κ3) is 7.05. The van der Waals surface area contributed by atoms with Crippen LogP contribution in [-0.4, -0.2) is 52.5 Å². The first kappa shape index (κ1) is 26.7. The number of carbonyl (C=O) groups is 2. The Bertz CT molecular complexity index is 949. The summed E-state index contributed by atoms with van der Waals surface area (Å²) in [6.45, 7) is 3.13. The fraction of sp³-hybridized carbons (Fsp3) is 0.500. The van der Waals surface area contributed by atoms with Crippen LogP contribution in [0, 0.1) is 11.8 Å². The van der Waals surface area contributed by atoms with E-state index in [9.17, 15) is 9.59 Å². The maximum Gasteiger partial charge on any atom is 0.340 e. The Balaban J connectivity index is 1.97. The van der Waals surface area contributed by atoms with Crippen LogP contribution in [0.2, 0.25) is 0 Å². The summed E-state index contributed by atoms with van der Waals surface area (Å²) in [5, 5.41) is 0. The predicted octanol–water partition coefficient (Wildman–Crippen LogP) is 4.87. The molecule has 2 aromatic rings. The number of carbonyl (C=O) groups excluding carboxylic acids is 2. The van der Waals surface area contributed by atoms with Crippen molar-refractivity contribution in [3.8, 4) is 5.75 Å².